The molecule has 5 rings (SSSR count). The predicted octanol–water partition coefficient (Wildman–Crippen LogP) is 8.47. The fraction of sp³-hybridized carbons (Fsp3) is 0.353. The second-order valence-electron chi connectivity index (χ2n) is 11.6. The molecule has 1 saturated heterocycles. The average molecular weight is 651 g/mol. The van der Waals surface area contributed by atoms with Crippen LogP contribution in [-0.2, 0) is 0 Å². The molecule has 0 saturated carbocycles. The molecule has 2 heterocycles. The summed E-state index contributed by atoms with van der Waals surface area (Å²) in [5.74, 6) is 1.74. The van der Waals surface area contributed by atoms with Crippen LogP contribution in [0.15, 0.2) is 78.0 Å². The van der Waals surface area contributed by atoms with Crippen LogP contribution in [0.25, 0.3) is 17.1 Å². The molecule has 0 aliphatic carbocycles. The molecule has 0 radical (unpaired) electrons. The number of nitrogens with zero attached hydrogens (tertiary/aromatic N) is 5. The first-order valence-electron chi connectivity index (χ1n) is 15.2. The van der Waals surface area contributed by atoms with Gasteiger partial charge in [-0.05, 0) is 78.6 Å². The Morgan fingerprint density at radius 3 is 2.50 bits per heavy atom. The van der Waals surface area contributed by atoms with Crippen molar-refractivity contribution >= 4 is 28.6 Å². The zero-order chi connectivity index (χ0) is 32.8. The summed E-state index contributed by atoms with van der Waals surface area (Å²) in [5, 5.41) is 8.16. The molecule has 1 aromatic heterocycles. The minimum absolute atomic E-state index is 0.275. The highest BCUT2D eigenvalue weighted by Gasteiger charge is 2.31. The highest BCUT2D eigenvalue weighted by molar-refractivity contribution is 8.14. The molecule has 1 fully saturated rings. The summed E-state index contributed by atoms with van der Waals surface area (Å²) in [6.45, 7) is 9.95. The van der Waals surface area contributed by atoms with Crippen molar-refractivity contribution in [3.8, 4) is 22.8 Å². The maximum absolute atomic E-state index is 12.7. The van der Waals surface area contributed by atoms with E-state index >= 15 is 0 Å². The lowest BCUT2D eigenvalue weighted by Crippen LogP contribution is -2.29. The number of aromatic nitrogens is 3. The number of aliphatic imine (C=N–C) groups is 1. The van der Waals surface area contributed by atoms with E-state index in [2.05, 4.69) is 75.9 Å². The third-order valence-corrected chi connectivity index (χ3v) is 8.68. The molecule has 2 amide bonds. The third kappa shape index (κ3) is 8.48. The number of alkyl halides is 3. The van der Waals surface area contributed by atoms with Crippen molar-refractivity contribution in [3.63, 3.8) is 0 Å². The zero-order valence-electron chi connectivity index (χ0n) is 26.2. The van der Waals surface area contributed by atoms with Gasteiger partial charge in [0.05, 0.1) is 5.69 Å². The number of ether oxygens (including phenoxy) is 1. The molecule has 1 unspecified atom stereocenters. The monoisotopic (exact) mass is 650 g/mol. The lowest BCUT2D eigenvalue weighted by atomic mass is 9.95. The van der Waals surface area contributed by atoms with Gasteiger partial charge in [0.15, 0.2) is 11.0 Å². The number of carbonyl (C=O) groups excluding carboxylic acids is 1. The standard InChI is InChI=1S/C34H37F3N6O2S/c1-22(2)29-16-7-23(3)20-30(29)42-18-19-46-33(42)40-32(44)38-17-5-6-24(4)25-8-10-26(11-9-25)31-39-21-43(41-31)27-12-14-28(15-13-27)45-34(35,36)37/h7-16,20-22,24H,5-6,17-19H2,1-4H3,(H,38,44). The molecule has 46 heavy (non-hydrogen) atoms. The smallest absolute Gasteiger partial charge is 0.406 e. The number of hydrogen-bond donors (Lipinski definition) is 1. The van der Waals surface area contributed by atoms with Gasteiger partial charge >= 0.3 is 12.4 Å². The van der Waals surface area contributed by atoms with Crippen molar-refractivity contribution in [2.45, 2.75) is 58.7 Å². The molecule has 1 aliphatic rings. The Labute approximate surface area is 271 Å². The quantitative estimate of drug-likeness (QED) is 0.173. The van der Waals surface area contributed by atoms with Crippen molar-refractivity contribution in [1.29, 1.82) is 0 Å². The summed E-state index contributed by atoms with van der Waals surface area (Å²) in [6, 6.07) is 19.6. The average Bonchev–Trinajstić information content (AvgIpc) is 3.69. The second kappa shape index (κ2) is 14.4. The third-order valence-electron chi connectivity index (χ3n) is 7.73. The molecule has 4 aromatic rings. The maximum Gasteiger partial charge on any atom is 0.573 e. The first-order chi connectivity index (χ1) is 22.0. The van der Waals surface area contributed by atoms with E-state index in [1.807, 2.05) is 24.3 Å². The van der Waals surface area contributed by atoms with Crippen LogP contribution in [0.4, 0.5) is 23.7 Å². The Hall–Kier alpha value is -4.32. The Bertz CT molecular complexity index is 1670. The van der Waals surface area contributed by atoms with Crippen LogP contribution in [-0.4, -0.2) is 51.2 Å². The van der Waals surface area contributed by atoms with Crippen LogP contribution < -0.4 is 15.0 Å². The first-order valence-corrected chi connectivity index (χ1v) is 16.2. The number of anilines is 1. The molecule has 8 nitrogen and oxygen atoms in total. The van der Waals surface area contributed by atoms with E-state index in [9.17, 15) is 18.0 Å². The predicted molar refractivity (Wildman–Crippen MR) is 177 cm³/mol. The number of aryl methyl sites for hydroxylation is 1. The minimum Gasteiger partial charge on any atom is -0.406 e. The molecule has 1 aliphatic heterocycles. The first kappa shape index (κ1) is 33.1. The topological polar surface area (TPSA) is 84.6 Å². The van der Waals surface area contributed by atoms with Crippen LogP contribution in [0.2, 0.25) is 0 Å². The fourth-order valence-electron chi connectivity index (χ4n) is 5.27. The summed E-state index contributed by atoms with van der Waals surface area (Å²) in [5.41, 5.74) is 6.10. The highest BCUT2D eigenvalue weighted by Crippen LogP contribution is 2.33. The number of amidine groups is 1. The van der Waals surface area contributed by atoms with Gasteiger partial charge in [0.25, 0.3) is 0 Å². The van der Waals surface area contributed by atoms with Gasteiger partial charge in [-0.3, -0.25) is 0 Å². The summed E-state index contributed by atoms with van der Waals surface area (Å²) in [7, 11) is 0. The minimum atomic E-state index is -4.74. The van der Waals surface area contributed by atoms with E-state index < -0.39 is 6.36 Å². The van der Waals surface area contributed by atoms with Gasteiger partial charge in [0.1, 0.15) is 12.1 Å². The molecule has 242 valence electrons. The van der Waals surface area contributed by atoms with Crippen LogP contribution in [0.1, 0.15) is 62.1 Å². The Morgan fingerprint density at radius 2 is 1.80 bits per heavy atom. The van der Waals surface area contributed by atoms with Crippen LogP contribution in [0.5, 0.6) is 5.75 Å². The normalized spacial score (nSPS) is 15.0. The molecule has 1 N–H and O–H groups in total. The van der Waals surface area contributed by atoms with Crippen LogP contribution in [0.3, 0.4) is 0 Å². The fourth-order valence-corrected chi connectivity index (χ4v) is 6.22. The zero-order valence-corrected chi connectivity index (χ0v) is 27.0. The number of carbonyl (C=O) groups is 1. The lowest BCUT2D eigenvalue weighted by Gasteiger charge is -2.23. The number of nitrogens with one attached hydrogen (secondary N) is 1. The van der Waals surface area contributed by atoms with Gasteiger partial charge in [-0.1, -0.05) is 68.9 Å². The van der Waals surface area contributed by atoms with Crippen molar-refractivity contribution in [3.05, 3.63) is 89.7 Å². The lowest BCUT2D eigenvalue weighted by molar-refractivity contribution is -0.274. The van der Waals surface area contributed by atoms with E-state index in [-0.39, 0.29) is 17.7 Å². The van der Waals surface area contributed by atoms with E-state index in [1.54, 1.807) is 11.8 Å². The van der Waals surface area contributed by atoms with E-state index in [4.69, 9.17) is 0 Å². The largest absolute Gasteiger partial charge is 0.573 e. The number of urea groups is 1. The van der Waals surface area contributed by atoms with Gasteiger partial charge in [0, 0.05) is 30.1 Å². The number of halogens is 3. The summed E-state index contributed by atoms with van der Waals surface area (Å²) in [6.07, 6.45) is -1.53. The number of hydrogen-bond acceptors (Lipinski definition) is 5. The number of benzene rings is 3. The summed E-state index contributed by atoms with van der Waals surface area (Å²) < 4.78 is 42.7. The molecule has 12 heteroatoms. The summed E-state index contributed by atoms with van der Waals surface area (Å²) >= 11 is 1.61. The van der Waals surface area contributed by atoms with E-state index in [1.165, 1.54) is 46.4 Å². The van der Waals surface area contributed by atoms with Crippen molar-refractivity contribution < 1.29 is 22.7 Å². The van der Waals surface area contributed by atoms with Crippen molar-refractivity contribution in [2.24, 2.45) is 4.99 Å². The SMILES string of the molecule is Cc1ccc(C(C)C)c(N2CCSC2=NC(=O)NCCCC(C)c2ccc(-c3ncn(-c4ccc(OC(F)(F)F)cc4)n3)cc2)c1. The number of thioether (sulfide) groups is 1. The van der Waals surface area contributed by atoms with Crippen LogP contribution >= 0.6 is 11.8 Å². The van der Waals surface area contributed by atoms with Gasteiger partial charge in [-0.25, -0.2) is 14.5 Å². The van der Waals surface area contributed by atoms with Crippen molar-refractivity contribution in [1.82, 2.24) is 20.1 Å². The number of amides is 2. The van der Waals surface area contributed by atoms with E-state index in [0.29, 0.717) is 24.0 Å². The Kier molecular flexibility index (Phi) is 10.4. The van der Waals surface area contributed by atoms with Crippen LogP contribution in [0, 0.1) is 6.92 Å². The second-order valence-corrected chi connectivity index (χ2v) is 12.6. The van der Waals surface area contributed by atoms with Gasteiger partial charge < -0.3 is 15.0 Å². The van der Waals surface area contributed by atoms with Gasteiger partial charge in [-0.15, -0.1) is 18.3 Å². The Balaban J connectivity index is 1.11. The molecule has 0 spiro atoms. The van der Waals surface area contributed by atoms with E-state index in [0.717, 1.165) is 47.1 Å². The van der Waals surface area contributed by atoms with Crippen molar-refractivity contribution in [2.75, 3.05) is 23.7 Å². The molecular weight excluding hydrogens is 613 g/mol. The van der Waals surface area contributed by atoms with Gasteiger partial charge in [-0.2, -0.15) is 4.99 Å². The number of rotatable bonds is 10. The Morgan fingerprint density at radius 1 is 1.07 bits per heavy atom. The molecular formula is C34H37F3N6O2S. The maximum atomic E-state index is 12.7. The molecule has 1 atom stereocenters. The molecule has 0 bridgehead atoms. The molecule has 3 aromatic carbocycles. The highest BCUT2D eigenvalue weighted by atomic mass is 32.2. The summed E-state index contributed by atoms with van der Waals surface area (Å²) in [4.78, 5) is 23.6. The van der Waals surface area contributed by atoms with Gasteiger partial charge in [0.2, 0.25) is 0 Å².